The fourth-order valence-electron chi connectivity index (χ4n) is 2.50. The number of fused-ring (bicyclic) bond motifs is 3. The van der Waals surface area contributed by atoms with Crippen molar-refractivity contribution < 1.29 is 9.84 Å². The van der Waals surface area contributed by atoms with Crippen molar-refractivity contribution in [2.45, 2.75) is 25.8 Å². The molecule has 3 heteroatoms. The Morgan fingerprint density at radius 1 is 1.21 bits per heavy atom. The molecule has 0 saturated carbocycles. The van der Waals surface area contributed by atoms with E-state index in [9.17, 15) is 0 Å². The molecule has 0 fully saturated rings. The summed E-state index contributed by atoms with van der Waals surface area (Å²) in [6.45, 7) is 4.67. The molecule has 102 valence electrons. The number of rotatable bonds is 2. The standard InChI is InChI=1S/C14H15NO.C2H6O/c1-2-16-13-9-5-8-12-14(13)10-6-3-4-7-11(10)15-12;1-2-3/h3-11,15H,2H2,1H3;3H,2H2,1H3. The Morgan fingerprint density at radius 2 is 1.95 bits per heavy atom. The van der Waals surface area contributed by atoms with Gasteiger partial charge in [0.1, 0.15) is 5.75 Å². The zero-order chi connectivity index (χ0) is 13.7. The average Bonchev–Trinajstić information content (AvgIpc) is 2.79. The van der Waals surface area contributed by atoms with Gasteiger partial charge >= 0.3 is 0 Å². The summed E-state index contributed by atoms with van der Waals surface area (Å²) in [4.78, 5) is 0. The third kappa shape index (κ3) is 2.82. The van der Waals surface area contributed by atoms with Gasteiger partial charge in [0.25, 0.3) is 0 Å². The molecular formula is C16H21NO2. The van der Waals surface area contributed by atoms with Gasteiger partial charge in [0.15, 0.2) is 0 Å². The van der Waals surface area contributed by atoms with Crippen molar-refractivity contribution in [2.75, 3.05) is 18.5 Å². The number of hydrogen-bond acceptors (Lipinski definition) is 3. The number of benzene rings is 1. The number of ether oxygens (including phenoxy) is 1. The van der Waals surface area contributed by atoms with Crippen LogP contribution in [0.25, 0.3) is 0 Å². The minimum atomic E-state index is 0.250. The molecule has 1 heterocycles. The molecule has 0 amide bonds. The largest absolute Gasteiger partial charge is 0.493 e. The Kier molecular flexibility index (Phi) is 4.63. The van der Waals surface area contributed by atoms with E-state index < -0.39 is 0 Å². The van der Waals surface area contributed by atoms with Crippen molar-refractivity contribution in [1.29, 1.82) is 0 Å². The van der Waals surface area contributed by atoms with Crippen molar-refractivity contribution in [3.63, 3.8) is 0 Å². The van der Waals surface area contributed by atoms with Gasteiger partial charge in [-0.15, -0.1) is 0 Å². The first-order valence-electron chi connectivity index (χ1n) is 6.79. The monoisotopic (exact) mass is 259 g/mol. The molecule has 0 spiro atoms. The minimum Gasteiger partial charge on any atom is -0.493 e. The molecule has 2 unspecified atom stereocenters. The van der Waals surface area contributed by atoms with Crippen molar-refractivity contribution in [2.24, 2.45) is 0 Å². The SMILES string of the molecule is CCO.CCOc1cccc2c1C1C=CC=CC1N2. The fourth-order valence-corrected chi connectivity index (χ4v) is 2.50. The van der Waals surface area contributed by atoms with Crippen LogP contribution in [-0.2, 0) is 0 Å². The molecular weight excluding hydrogens is 238 g/mol. The molecule has 3 nitrogen and oxygen atoms in total. The van der Waals surface area contributed by atoms with Crippen LogP contribution in [0.4, 0.5) is 5.69 Å². The van der Waals surface area contributed by atoms with Gasteiger partial charge in [-0.25, -0.2) is 0 Å². The minimum absolute atomic E-state index is 0.250. The first kappa shape index (κ1) is 13.7. The molecule has 1 aliphatic heterocycles. The first-order chi connectivity index (χ1) is 9.31. The van der Waals surface area contributed by atoms with Crippen LogP contribution in [0.5, 0.6) is 5.75 Å². The highest BCUT2D eigenvalue weighted by Crippen LogP contribution is 2.44. The number of nitrogens with one attached hydrogen (secondary N) is 1. The third-order valence-electron chi connectivity index (χ3n) is 3.16. The smallest absolute Gasteiger partial charge is 0.125 e. The maximum Gasteiger partial charge on any atom is 0.125 e. The quantitative estimate of drug-likeness (QED) is 0.857. The van der Waals surface area contributed by atoms with Crippen LogP contribution in [0, 0.1) is 0 Å². The molecule has 19 heavy (non-hydrogen) atoms. The van der Waals surface area contributed by atoms with Crippen LogP contribution >= 0.6 is 0 Å². The summed E-state index contributed by atoms with van der Waals surface area (Å²) >= 11 is 0. The molecule has 2 aliphatic rings. The van der Waals surface area contributed by atoms with E-state index in [-0.39, 0.29) is 6.61 Å². The van der Waals surface area contributed by atoms with E-state index in [1.165, 1.54) is 11.3 Å². The number of anilines is 1. The molecule has 1 aromatic carbocycles. The highest BCUT2D eigenvalue weighted by atomic mass is 16.5. The molecule has 1 aliphatic carbocycles. The third-order valence-corrected chi connectivity index (χ3v) is 3.16. The lowest BCUT2D eigenvalue weighted by atomic mass is 9.91. The fraction of sp³-hybridized carbons (Fsp3) is 0.375. The van der Waals surface area contributed by atoms with Gasteiger partial charge in [-0.05, 0) is 26.0 Å². The van der Waals surface area contributed by atoms with Crippen LogP contribution < -0.4 is 10.1 Å². The van der Waals surface area contributed by atoms with Crippen molar-refractivity contribution in [3.8, 4) is 5.75 Å². The lowest BCUT2D eigenvalue weighted by molar-refractivity contribution is 0.318. The normalized spacial score (nSPS) is 21.8. The van der Waals surface area contributed by atoms with Crippen molar-refractivity contribution in [1.82, 2.24) is 0 Å². The van der Waals surface area contributed by atoms with E-state index in [0.717, 1.165) is 5.75 Å². The second-order valence-electron chi connectivity index (χ2n) is 4.43. The van der Waals surface area contributed by atoms with E-state index in [1.807, 2.05) is 13.0 Å². The van der Waals surface area contributed by atoms with Crippen LogP contribution in [0.1, 0.15) is 25.3 Å². The van der Waals surface area contributed by atoms with Crippen LogP contribution in [-0.4, -0.2) is 24.4 Å². The predicted molar refractivity (Wildman–Crippen MR) is 78.8 cm³/mol. The summed E-state index contributed by atoms with van der Waals surface area (Å²) in [6.07, 6.45) is 8.66. The van der Waals surface area contributed by atoms with E-state index in [4.69, 9.17) is 9.84 Å². The first-order valence-corrected chi connectivity index (χ1v) is 6.79. The zero-order valence-electron chi connectivity index (χ0n) is 11.5. The highest BCUT2D eigenvalue weighted by Gasteiger charge is 2.32. The van der Waals surface area contributed by atoms with Crippen molar-refractivity contribution >= 4 is 5.69 Å². The molecule has 0 aromatic heterocycles. The summed E-state index contributed by atoms with van der Waals surface area (Å²) in [7, 11) is 0. The number of allylic oxidation sites excluding steroid dienone is 2. The molecule has 0 bridgehead atoms. The van der Waals surface area contributed by atoms with Gasteiger partial charge in [-0.1, -0.05) is 30.4 Å². The van der Waals surface area contributed by atoms with Crippen LogP contribution in [0.3, 0.4) is 0 Å². The van der Waals surface area contributed by atoms with Gasteiger partial charge in [0.05, 0.1) is 12.6 Å². The molecule has 3 rings (SSSR count). The summed E-state index contributed by atoms with van der Waals surface area (Å²) in [5.41, 5.74) is 2.51. The van der Waals surface area contributed by atoms with E-state index in [1.54, 1.807) is 6.92 Å². The number of aliphatic hydroxyl groups excluding tert-OH is 1. The van der Waals surface area contributed by atoms with Gasteiger partial charge in [0, 0.05) is 23.8 Å². The Labute approximate surface area is 114 Å². The van der Waals surface area contributed by atoms with Gasteiger partial charge in [-0.2, -0.15) is 0 Å². The average molecular weight is 259 g/mol. The molecule has 2 N–H and O–H groups in total. The maximum atomic E-state index is 7.57. The van der Waals surface area contributed by atoms with Crippen LogP contribution in [0.15, 0.2) is 42.5 Å². The summed E-state index contributed by atoms with van der Waals surface area (Å²) in [5, 5.41) is 11.1. The predicted octanol–water partition coefficient (Wildman–Crippen LogP) is 3.09. The van der Waals surface area contributed by atoms with E-state index in [2.05, 4.69) is 41.8 Å². The Morgan fingerprint density at radius 3 is 2.68 bits per heavy atom. The van der Waals surface area contributed by atoms with Crippen LogP contribution in [0.2, 0.25) is 0 Å². The highest BCUT2D eigenvalue weighted by molar-refractivity contribution is 5.67. The summed E-state index contributed by atoms with van der Waals surface area (Å²) < 4.78 is 5.70. The Balaban J connectivity index is 0.000000408. The zero-order valence-corrected chi connectivity index (χ0v) is 11.5. The van der Waals surface area contributed by atoms with Gasteiger partial charge in [-0.3, -0.25) is 0 Å². The summed E-state index contributed by atoms with van der Waals surface area (Å²) in [5.74, 6) is 1.43. The van der Waals surface area contributed by atoms with E-state index >= 15 is 0 Å². The molecule has 2 atom stereocenters. The molecule has 0 radical (unpaired) electrons. The lowest BCUT2D eigenvalue weighted by Crippen LogP contribution is -2.17. The Hall–Kier alpha value is -1.74. The second kappa shape index (κ2) is 6.43. The Bertz CT molecular complexity index is 480. The molecule has 1 aromatic rings. The number of aliphatic hydroxyl groups is 1. The lowest BCUT2D eigenvalue weighted by Gasteiger charge is -2.17. The molecule has 0 saturated heterocycles. The van der Waals surface area contributed by atoms with E-state index in [0.29, 0.717) is 18.6 Å². The maximum absolute atomic E-state index is 7.57. The topological polar surface area (TPSA) is 41.5 Å². The second-order valence-corrected chi connectivity index (χ2v) is 4.43. The van der Waals surface area contributed by atoms with Gasteiger partial charge in [0.2, 0.25) is 0 Å². The van der Waals surface area contributed by atoms with Crippen molar-refractivity contribution in [3.05, 3.63) is 48.1 Å². The number of hydrogen-bond donors (Lipinski definition) is 2. The summed E-state index contributed by atoms with van der Waals surface area (Å²) in [6, 6.07) is 6.61. The van der Waals surface area contributed by atoms with Gasteiger partial charge < -0.3 is 15.2 Å².